The standard InChI is InChI=1S/C14H16ClN3/c1-10-13(11-4-6-12(15)7-5-11)14(17-16-10)18-8-2-3-9-18/h2-10,13-14,16-17H,1H3. The Morgan fingerprint density at radius 3 is 2.39 bits per heavy atom. The minimum atomic E-state index is 0.233. The van der Waals surface area contributed by atoms with E-state index in [0.717, 1.165) is 5.02 Å². The van der Waals surface area contributed by atoms with Crippen LogP contribution in [-0.2, 0) is 0 Å². The van der Waals surface area contributed by atoms with Crippen molar-refractivity contribution in [3.8, 4) is 0 Å². The van der Waals surface area contributed by atoms with Crippen LogP contribution in [-0.4, -0.2) is 10.6 Å². The molecule has 2 heterocycles. The molecule has 0 spiro atoms. The summed E-state index contributed by atoms with van der Waals surface area (Å²) in [7, 11) is 0. The van der Waals surface area contributed by atoms with Gasteiger partial charge in [0.1, 0.15) is 6.17 Å². The molecular formula is C14H16ClN3. The van der Waals surface area contributed by atoms with Crippen LogP contribution in [0.1, 0.15) is 24.6 Å². The Morgan fingerprint density at radius 1 is 1.06 bits per heavy atom. The number of aromatic nitrogens is 1. The maximum Gasteiger partial charge on any atom is 0.104 e. The highest BCUT2D eigenvalue weighted by Gasteiger charge is 2.34. The Labute approximate surface area is 112 Å². The van der Waals surface area contributed by atoms with Gasteiger partial charge in [-0.15, -0.1) is 0 Å². The van der Waals surface area contributed by atoms with Crippen LogP contribution in [0.15, 0.2) is 48.8 Å². The number of rotatable bonds is 2. The van der Waals surface area contributed by atoms with Gasteiger partial charge in [0, 0.05) is 29.4 Å². The number of hydrogen-bond acceptors (Lipinski definition) is 2. The van der Waals surface area contributed by atoms with E-state index in [9.17, 15) is 0 Å². The Kier molecular flexibility index (Phi) is 3.12. The van der Waals surface area contributed by atoms with Gasteiger partial charge in [-0.25, -0.2) is 5.43 Å². The summed E-state index contributed by atoms with van der Waals surface area (Å²) in [5.41, 5.74) is 7.96. The lowest BCUT2D eigenvalue weighted by atomic mass is 9.91. The van der Waals surface area contributed by atoms with E-state index >= 15 is 0 Å². The first kappa shape index (κ1) is 11.8. The van der Waals surface area contributed by atoms with E-state index < -0.39 is 0 Å². The lowest BCUT2D eigenvalue weighted by Crippen LogP contribution is -2.30. The van der Waals surface area contributed by atoms with Crippen molar-refractivity contribution in [1.82, 2.24) is 15.4 Å². The molecule has 4 heteroatoms. The zero-order chi connectivity index (χ0) is 12.5. The molecule has 0 aliphatic carbocycles. The van der Waals surface area contributed by atoms with Crippen molar-refractivity contribution in [1.29, 1.82) is 0 Å². The number of nitrogens with zero attached hydrogens (tertiary/aromatic N) is 1. The van der Waals surface area contributed by atoms with Crippen LogP contribution in [0.25, 0.3) is 0 Å². The maximum atomic E-state index is 5.95. The zero-order valence-corrected chi connectivity index (χ0v) is 10.9. The van der Waals surface area contributed by atoms with Crippen LogP contribution >= 0.6 is 11.6 Å². The monoisotopic (exact) mass is 261 g/mol. The first-order valence-electron chi connectivity index (χ1n) is 6.14. The fourth-order valence-corrected chi connectivity index (χ4v) is 2.75. The van der Waals surface area contributed by atoms with E-state index in [1.165, 1.54) is 5.56 Å². The summed E-state index contributed by atoms with van der Waals surface area (Å²) >= 11 is 5.95. The largest absolute Gasteiger partial charge is 0.337 e. The van der Waals surface area contributed by atoms with Gasteiger partial charge in [-0.1, -0.05) is 23.7 Å². The molecule has 0 amide bonds. The lowest BCUT2D eigenvalue weighted by molar-refractivity contribution is 0.410. The number of hydrazine groups is 1. The topological polar surface area (TPSA) is 29.0 Å². The molecule has 1 saturated heterocycles. The number of hydrogen-bond donors (Lipinski definition) is 2. The van der Waals surface area contributed by atoms with Gasteiger partial charge in [0.15, 0.2) is 0 Å². The molecule has 1 aliphatic heterocycles. The highest BCUT2D eigenvalue weighted by molar-refractivity contribution is 6.30. The summed E-state index contributed by atoms with van der Waals surface area (Å²) in [4.78, 5) is 0. The molecule has 1 aliphatic rings. The van der Waals surface area contributed by atoms with Gasteiger partial charge < -0.3 is 4.57 Å². The molecule has 0 saturated carbocycles. The molecular weight excluding hydrogens is 246 g/mol. The third kappa shape index (κ3) is 2.05. The van der Waals surface area contributed by atoms with Crippen molar-refractivity contribution >= 4 is 11.6 Å². The van der Waals surface area contributed by atoms with Gasteiger partial charge >= 0.3 is 0 Å². The van der Waals surface area contributed by atoms with E-state index in [0.29, 0.717) is 12.0 Å². The van der Waals surface area contributed by atoms with E-state index in [1.807, 2.05) is 24.3 Å². The van der Waals surface area contributed by atoms with Gasteiger partial charge in [0.25, 0.3) is 0 Å². The van der Waals surface area contributed by atoms with E-state index in [1.54, 1.807) is 0 Å². The first-order chi connectivity index (χ1) is 8.75. The normalized spacial score (nSPS) is 27.6. The van der Waals surface area contributed by atoms with Crippen LogP contribution in [0.4, 0.5) is 0 Å². The predicted octanol–water partition coefficient (Wildman–Crippen LogP) is 2.92. The Bertz CT molecular complexity index is 506. The van der Waals surface area contributed by atoms with Crippen molar-refractivity contribution in [2.24, 2.45) is 0 Å². The SMILES string of the molecule is CC1NNC(n2cccc2)C1c1ccc(Cl)cc1. The first-order valence-corrected chi connectivity index (χ1v) is 6.52. The maximum absolute atomic E-state index is 5.95. The second-order valence-electron chi connectivity index (χ2n) is 4.73. The fourth-order valence-electron chi connectivity index (χ4n) is 2.62. The van der Waals surface area contributed by atoms with Crippen molar-refractivity contribution in [2.45, 2.75) is 25.0 Å². The van der Waals surface area contributed by atoms with Gasteiger partial charge in [0.05, 0.1) is 0 Å². The summed E-state index contributed by atoms with van der Waals surface area (Å²) < 4.78 is 2.19. The molecule has 3 unspecified atom stereocenters. The average Bonchev–Trinajstić information content (AvgIpc) is 2.99. The van der Waals surface area contributed by atoms with Crippen LogP contribution in [0, 0.1) is 0 Å². The molecule has 1 fully saturated rings. The van der Waals surface area contributed by atoms with E-state index in [2.05, 4.69) is 46.9 Å². The molecule has 0 radical (unpaired) electrons. The Morgan fingerprint density at radius 2 is 1.72 bits per heavy atom. The smallest absolute Gasteiger partial charge is 0.104 e. The number of halogens is 1. The van der Waals surface area contributed by atoms with E-state index in [4.69, 9.17) is 11.6 Å². The average molecular weight is 262 g/mol. The van der Waals surface area contributed by atoms with Crippen LogP contribution in [0.3, 0.4) is 0 Å². The van der Waals surface area contributed by atoms with Crippen LogP contribution in [0.5, 0.6) is 0 Å². The molecule has 3 rings (SSSR count). The molecule has 0 bridgehead atoms. The predicted molar refractivity (Wildman–Crippen MR) is 73.4 cm³/mol. The highest BCUT2D eigenvalue weighted by Crippen LogP contribution is 2.33. The minimum absolute atomic E-state index is 0.233. The molecule has 94 valence electrons. The third-order valence-corrected chi connectivity index (χ3v) is 3.79. The zero-order valence-electron chi connectivity index (χ0n) is 10.2. The highest BCUT2D eigenvalue weighted by atomic mass is 35.5. The Hall–Kier alpha value is -1.29. The van der Waals surface area contributed by atoms with Crippen molar-refractivity contribution < 1.29 is 0 Å². The van der Waals surface area contributed by atoms with Crippen molar-refractivity contribution in [3.63, 3.8) is 0 Å². The molecule has 1 aromatic carbocycles. The summed E-state index contributed by atoms with van der Waals surface area (Å²) in [5.74, 6) is 0.384. The lowest BCUT2D eigenvalue weighted by Gasteiger charge is -2.22. The van der Waals surface area contributed by atoms with Crippen LogP contribution in [0.2, 0.25) is 5.02 Å². The Balaban J connectivity index is 1.94. The van der Waals surface area contributed by atoms with Crippen molar-refractivity contribution in [2.75, 3.05) is 0 Å². The summed E-state index contributed by atoms with van der Waals surface area (Å²) in [6, 6.07) is 12.6. The van der Waals surface area contributed by atoms with Gasteiger partial charge in [0.2, 0.25) is 0 Å². The molecule has 2 aromatic rings. The third-order valence-electron chi connectivity index (χ3n) is 3.54. The number of nitrogens with one attached hydrogen (secondary N) is 2. The molecule has 3 atom stereocenters. The van der Waals surface area contributed by atoms with Gasteiger partial charge in [-0.05, 0) is 36.8 Å². The van der Waals surface area contributed by atoms with E-state index in [-0.39, 0.29) is 6.17 Å². The second-order valence-corrected chi connectivity index (χ2v) is 5.17. The van der Waals surface area contributed by atoms with Gasteiger partial charge in [-0.2, -0.15) is 0 Å². The minimum Gasteiger partial charge on any atom is -0.337 e. The summed E-state index contributed by atoms with van der Waals surface area (Å²) in [6.45, 7) is 2.19. The summed E-state index contributed by atoms with van der Waals surface area (Å²) in [6.07, 6.45) is 4.40. The molecule has 2 N–H and O–H groups in total. The van der Waals surface area contributed by atoms with Crippen molar-refractivity contribution in [3.05, 3.63) is 59.4 Å². The molecule has 1 aromatic heterocycles. The number of benzene rings is 1. The fraction of sp³-hybridized carbons (Fsp3) is 0.286. The quantitative estimate of drug-likeness (QED) is 0.870. The molecule has 3 nitrogen and oxygen atoms in total. The second kappa shape index (κ2) is 4.76. The summed E-state index contributed by atoms with van der Waals surface area (Å²) in [5, 5.41) is 0.780. The molecule has 18 heavy (non-hydrogen) atoms. The van der Waals surface area contributed by atoms with Crippen LogP contribution < -0.4 is 10.9 Å². The van der Waals surface area contributed by atoms with Gasteiger partial charge in [-0.3, -0.25) is 5.43 Å².